The number of anilines is 2. The Bertz CT molecular complexity index is 1050. The van der Waals surface area contributed by atoms with Crippen molar-refractivity contribution in [3.8, 4) is 5.75 Å². The van der Waals surface area contributed by atoms with Crippen molar-refractivity contribution >= 4 is 33.0 Å². The number of non-ortho nitro benzene ring substituents is 1. The standard InChI is InChI=1S/C20H23N3O6S/c1-5-12-29-18-10-7-16(8-11-18)21-20(24)15(3)22(30(4,27)28)19-13-17(23(25)26)9-6-14(19)2/h5-11,13,15H,1,12H2,2-4H3,(H,21,24)/t15-/m1/s1. The maximum atomic E-state index is 12.8. The monoisotopic (exact) mass is 433 g/mol. The van der Waals surface area contributed by atoms with E-state index in [0.717, 1.165) is 16.6 Å². The van der Waals surface area contributed by atoms with Crippen molar-refractivity contribution in [3.63, 3.8) is 0 Å². The molecule has 0 fully saturated rings. The van der Waals surface area contributed by atoms with E-state index in [9.17, 15) is 23.3 Å². The van der Waals surface area contributed by atoms with E-state index in [-0.39, 0.29) is 11.4 Å². The van der Waals surface area contributed by atoms with Crippen LogP contribution in [-0.4, -0.2) is 38.2 Å². The number of nitro groups is 1. The highest BCUT2D eigenvalue weighted by molar-refractivity contribution is 7.92. The molecule has 10 heteroatoms. The molecule has 0 saturated carbocycles. The Hall–Kier alpha value is -3.40. The highest BCUT2D eigenvalue weighted by atomic mass is 32.2. The third-order valence-electron chi connectivity index (χ3n) is 4.22. The van der Waals surface area contributed by atoms with E-state index < -0.39 is 26.9 Å². The number of sulfonamides is 1. The zero-order valence-corrected chi connectivity index (χ0v) is 17.7. The molecule has 0 unspecified atom stereocenters. The van der Waals surface area contributed by atoms with Gasteiger partial charge in [0.15, 0.2) is 0 Å². The molecule has 1 amide bonds. The summed E-state index contributed by atoms with van der Waals surface area (Å²) in [6.45, 7) is 6.93. The van der Waals surface area contributed by atoms with E-state index in [1.165, 1.54) is 19.1 Å². The fourth-order valence-corrected chi connectivity index (χ4v) is 3.99. The molecule has 1 atom stereocenters. The summed E-state index contributed by atoms with van der Waals surface area (Å²) in [5, 5.41) is 13.8. The highest BCUT2D eigenvalue weighted by Gasteiger charge is 2.31. The number of benzene rings is 2. The van der Waals surface area contributed by atoms with Crippen molar-refractivity contribution in [2.75, 3.05) is 22.5 Å². The fraction of sp³-hybridized carbons (Fsp3) is 0.250. The number of aryl methyl sites for hydroxylation is 1. The second-order valence-corrected chi connectivity index (χ2v) is 8.44. The van der Waals surface area contributed by atoms with Gasteiger partial charge in [0.1, 0.15) is 18.4 Å². The van der Waals surface area contributed by atoms with Gasteiger partial charge in [-0.2, -0.15) is 0 Å². The van der Waals surface area contributed by atoms with Crippen molar-refractivity contribution in [3.05, 3.63) is 70.8 Å². The number of ether oxygens (including phenoxy) is 1. The molecule has 1 N–H and O–H groups in total. The Morgan fingerprint density at radius 1 is 1.30 bits per heavy atom. The summed E-state index contributed by atoms with van der Waals surface area (Å²) < 4.78 is 31.2. The normalized spacial score (nSPS) is 12.0. The maximum Gasteiger partial charge on any atom is 0.271 e. The van der Waals surface area contributed by atoms with Crippen LogP contribution < -0.4 is 14.4 Å². The highest BCUT2D eigenvalue weighted by Crippen LogP contribution is 2.29. The van der Waals surface area contributed by atoms with Crippen LogP contribution in [-0.2, 0) is 14.8 Å². The number of hydrogen-bond donors (Lipinski definition) is 1. The number of nitro benzene ring substituents is 1. The average molecular weight is 433 g/mol. The summed E-state index contributed by atoms with van der Waals surface area (Å²) in [6, 6.07) is 9.26. The third kappa shape index (κ3) is 5.57. The quantitative estimate of drug-likeness (QED) is 0.368. The zero-order valence-electron chi connectivity index (χ0n) is 16.9. The van der Waals surface area contributed by atoms with E-state index in [1.807, 2.05) is 0 Å². The number of carbonyl (C=O) groups is 1. The molecule has 2 aromatic carbocycles. The van der Waals surface area contributed by atoms with Crippen LogP contribution in [0.2, 0.25) is 0 Å². The molecule has 30 heavy (non-hydrogen) atoms. The summed E-state index contributed by atoms with van der Waals surface area (Å²) in [7, 11) is -3.92. The van der Waals surface area contributed by atoms with Crippen LogP contribution in [0.15, 0.2) is 55.1 Å². The molecule has 0 aliphatic heterocycles. The molecule has 0 spiro atoms. The molecule has 160 valence electrons. The summed E-state index contributed by atoms with van der Waals surface area (Å²) in [5.74, 6) is -0.00276. The summed E-state index contributed by atoms with van der Waals surface area (Å²) >= 11 is 0. The molecule has 0 bridgehead atoms. The van der Waals surface area contributed by atoms with Crippen LogP contribution in [0, 0.1) is 17.0 Å². The molecule has 0 aliphatic carbocycles. The lowest BCUT2D eigenvalue weighted by molar-refractivity contribution is -0.384. The van der Waals surface area contributed by atoms with Gasteiger partial charge in [-0.15, -0.1) is 0 Å². The average Bonchev–Trinajstić information content (AvgIpc) is 2.67. The maximum absolute atomic E-state index is 12.8. The predicted octanol–water partition coefficient (Wildman–Crippen LogP) is 3.26. The first kappa shape index (κ1) is 22.9. The van der Waals surface area contributed by atoms with Gasteiger partial charge >= 0.3 is 0 Å². The topological polar surface area (TPSA) is 119 Å². The van der Waals surface area contributed by atoms with Crippen molar-refractivity contribution < 1.29 is 22.9 Å². The Kier molecular flexibility index (Phi) is 7.17. The van der Waals surface area contributed by atoms with Crippen molar-refractivity contribution in [1.82, 2.24) is 0 Å². The Morgan fingerprint density at radius 2 is 1.93 bits per heavy atom. The number of nitrogens with zero attached hydrogens (tertiary/aromatic N) is 2. The molecule has 9 nitrogen and oxygen atoms in total. The SMILES string of the molecule is C=CCOc1ccc(NC(=O)[C@@H](C)N(c2cc([N+](=O)[O-])ccc2C)S(C)(=O)=O)cc1. The number of rotatable bonds is 9. The minimum atomic E-state index is -3.92. The molecule has 0 saturated heterocycles. The van der Waals surface area contributed by atoms with Crippen LogP contribution >= 0.6 is 0 Å². The van der Waals surface area contributed by atoms with Gasteiger partial charge in [-0.05, 0) is 43.7 Å². The van der Waals surface area contributed by atoms with E-state index in [4.69, 9.17) is 4.74 Å². The van der Waals surface area contributed by atoms with E-state index >= 15 is 0 Å². The van der Waals surface area contributed by atoms with Crippen LogP contribution in [0.3, 0.4) is 0 Å². The van der Waals surface area contributed by atoms with Gasteiger partial charge in [0.25, 0.3) is 5.69 Å². The predicted molar refractivity (Wildman–Crippen MR) is 115 cm³/mol. The number of carbonyl (C=O) groups excluding carboxylic acids is 1. The first-order valence-electron chi connectivity index (χ1n) is 8.93. The Labute approximate surface area is 175 Å². The van der Waals surface area contributed by atoms with Gasteiger partial charge < -0.3 is 10.1 Å². The van der Waals surface area contributed by atoms with Crippen molar-refractivity contribution in [2.45, 2.75) is 19.9 Å². The van der Waals surface area contributed by atoms with E-state index in [1.54, 1.807) is 37.3 Å². The van der Waals surface area contributed by atoms with E-state index in [2.05, 4.69) is 11.9 Å². The summed E-state index contributed by atoms with van der Waals surface area (Å²) in [4.78, 5) is 23.3. The van der Waals surface area contributed by atoms with Gasteiger partial charge in [0.05, 0.1) is 16.9 Å². The minimum Gasteiger partial charge on any atom is -0.490 e. The van der Waals surface area contributed by atoms with Crippen molar-refractivity contribution in [2.24, 2.45) is 0 Å². The summed E-state index contributed by atoms with van der Waals surface area (Å²) in [5.41, 5.74) is 0.728. The van der Waals surface area contributed by atoms with Gasteiger partial charge in [0, 0.05) is 17.8 Å². The lowest BCUT2D eigenvalue weighted by Crippen LogP contribution is -2.45. The third-order valence-corrected chi connectivity index (χ3v) is 5.45. The molecule has 2 rings (SSSR count). The van der Waals surface area contributed by atoms with Crippen LogP contribution in [0.5, 0.6) is 5.75 Å². The molecule has 2 aromatic rings. The molecular weight excluding hydrogens is 410 g/mol. The van der Waals surface area contributed by atoms with Crippen LogP contribution in [0.4, 0.5) is 17.1 Å². The second kappa shape index (κ2) is 9.40. The van der Waals surface area contributed by atoms with Crippen LogP contribution in [0.1, 0.15) is 12.5 Å². The fourth-order valence-electron chi connectivity index (χ4n) is 2.77. The zero-order chi connectivity index (χ0) is 22.5. The molecule has 0 heterocycles. The number of hydrogen-bond acceptors (Lipinski definition) is 6. The smallest absolute Gasteiger partial charge is 0.271 e. The molecule has 0 aliphatic rings. The number of amides is 1. The molecule has 0 aromatic heterocycles. The van der Waals surface area contributed by atoms with Crippen molar-refractivity contribution in [1.29, 1.82) is 0 Å². The van der Waals surface area contributed by atoms with Gasteiger partial charge in [-0.25, -0.2) is 8.42 Å². The lowest BCUT2D eigenvalue weighted by Gasteiger charge is -2.29. The van der Waals surface area contributed by atoms with E-state index in [0.29, 0.717) is 23.6 Å². The van der Waals surface area contributed by atoms with Gasteiger partial charge in [0.2, 0.25) is 15.9 Å². The second-order valence-electron chi connectivity index (χ2n) is 6.58. The molecule has 0 radical (unpaired) electrons. The van der Waals surface area contributed by atoms with Gasteiger partial charge in [-0.1, -0.05) is 18.7 Å². The first-order chi connectivity index (χ1) is 14.0. The lowest BCUT2D eigenvalue weighted by atomic mass is 10.1. The molecular formula is C20H23N3O6S. The first-order valence-corrected chi connectivity index (χ1v) is 10.8. The largest absolute Gasteiger partial charge is 0.490 e. The van der Waals surface area contributed by atoms with Gasteiger partial charge in [-0.3, -0.25) is 19.2 Å². The summed E-state index contributed by atoms with van der Waals surface area (Å²) in [6.07, 6.45) is 2.55. The Morgan fingerprint density at radius 3 is 2.47 bits per heavy atom. The number of nitrogens with one attached hydrogen (secondary N) is 1. The van der Waals surface area contributed by atoms with Crippen LogP contribution in [0.25, 0.3) is 0 Å². The minimum absolute atomic E-state index is 0.0718. The Balaban J connectivity index is 2.31.